The predicted octanol–water partition coefficient (Wildman–Crippen LogP) is 2.50. The summed E-state index contributed by atoms with van der Waals surface area (Å²) in [6.07, 6.45) is 2.07. The number of halogens is 1. The number of benzene rings is 1. The van der Waals surface area contributed by atoms with Crippen molar-refractivity contribution in [2.45, 2.75) is 12.7 Å². The zero-order valence-electron chi connectivity index (χ0n) is 10.1. The summed E-state index contributed by atoms with van der Waals surface area (Å²) in [5, 5.41) is 2.84. The Hall–Kier alpha value is -0.710. The number of carbonyl (C=O) groups is 1. The normalized spacial score (nSPS) is 11.5. The molecule has 0 aliphatic rings. The summed E-state index contributed by atoms with van der Waals surface area (Å²) in [7, 11) is 0. The number of thioether (sulfide) groups is 1. The molecule has 0 spiro atoms. The van der Waals surface area contributed by atoms with Crippen molar-refractivity contribution >= 4 is 35.8 Å². The summed E-state index contributed by atoms with van der Waals surface area (Å²) in [5.41, 5.74) is 7.52. The average molecular weight is 275 g/mol. The zero-order chi connectivity index (χ0) is 12.0. The van der Waals surface area contributed by atoms with Crippen LogP contribution < -0.4 is 11.1 Å². The lowest BCUT2D eigenvalue weighted by Gasteiger charge is -2.10. The maximum atomic E-state index is 11.6. The van der Waals surface area contributed by atoms with E-state index in [9.17, 15) is 4.79 Å². The molecule has 17 heavy (non-hydrogen) atoms. The Bertz CT molecular complexity index is 343. The van der Waals surface area contributed by atoms with Gasteiger partial charge in [0, 0.05) is 23.9 Å². The summed E-state index contributed by atoms with van der Waals surface area (Å²) in [6, 6.07) is 7.90. The second kappa shape index (κ2) is 8.39. The van der Waals surface area contributed by atoms with E-state index in [4.69, 9.17) is 5.73 Å². The Balaban J connectivity index is 0.00000256. The van der Waals surface area contributed by atoms with Crippen molar-refractivity contribution in [2.75, 3.05) is 18.1 Å². The molecule has 0 aromatic heterocycles. The van der Waals surface area contributed by atoms with Crippen LogP contribution in [0.4, 0.5) is 5.69 Å². The fourth-order valence-corrected chi connectivity index (χ4v) is 1.75. The number of nitrogens with one attached hydrogen (secondary N) is 1. The van der Waals surface area contributed by atoms with Gasteiger partial charge in [0.05, 0.1) is 0 Å². The lowest BCUT2D eigenvalue weighted by Crippen LogP contribution is -2.26. The molecule has 0 saturated carbocycles. The van der Waals surface area contributed by atoms with Crippen molar-refractivity contribution < 1.29 is 4.79 Å². The molecule has 0 fully saturated rings. The van der Waals surface area contributed by atoms with Crippen molar-refractivity contribution in [3.63, 3.8) is 0 Å². The van der Waals surface area contributed by atoms with Gasteiger partial charge in [0.15, 0.2) is 0 Å². The highest BCUT2D eigenvalue weighted by molar-refractivity contribution is 7.97. The van der Waals surface area contributed by atoms with Gasteiger partial charge in [0.1, 0.15) is 0 Å². The molecule has 0 heterocycles. The molecule has 3 N–H and O–H groups in total. The number of carbonyl (C=O) groups excluding carboxylic acids is 1. The van der Waals surface area contributed by atoms with Crippen LogP contribution in [0.2, 0.25) is 0 Å². The van der Waals surface area contributed by atoms with E-state index in [1.54, 1.807) is 11.8 Å². The second-order valence-electron chi connectivity index (χ2n) is 3.76. The Morgan fingerprint density at radius 2 is 2.00 bits per heavy atom. The van der Waals surface area contributed by atoms with Gasteiger partial charge in [0.25, 0.3) is 0 Å². The van der Waals surface area contributed by atoms with Crippen LogP contribution in [-0.2, 0) is 10.5 Å². The quantitative estimate of drug-likeness (QED) is 0.867. The number of rotatable bonds is 5. The lowest BCUT2D eigenvalue weighted by molar-refractivity contribution is -0.119. The number of hydrogen-bond donors (Lipinski definition) is 2. The van der Waals surface area contributed by atoms with Crippen LogP contribution in [0.1, 0.15) is 12.5 Å². The summed E-state index contributed by atoms with van der Waals surface area (Å²) in [5.74, 6) is 0.818. The predicted molar refractivity (Wildman–Crippen MR) is 77.8 cm³/mol. The molecule has 0 saturated heterocycles. The number of hydrogen-bond acceptors (Lipinski definition) is 3. The van der Waals surface area contributed by atoms with E-state index in [1.165, 1.54) is 5.56 Å². The molecule has 1 aromatic rings. The summed E-state index contributed by atoms with van der Waals surface area (Å²) >= 11 is 1.78. The second-order valence-corrected chi connectivity index (χ2v) is 4.62. The average Bonchev–Trinajstić information content (AvgIpc) is 2.31. The van der Waals surface area contributed by atoms with E-state index < -0.39 is 0 Å². The van der Waals surface area contributed by atoms with Gasteiger partial charge in [-0.2, -0.15) is 11.8 Å². The van der Waals surface area contributed by atoms with Crippen molar-refractivity contribution in [1.29, 1.82) is 0 Å². The fraction of sp³-hybridized carbons (Fsp3) is 0.417. The Morgan fingerprint density at radius 1 is 1.41 bits per heavy atom. The third kappa shape index (κ3) is 5.44. The van der Waals surface area contributed by atoms with E-state index in [-0.39, 0.29) is 24.2 Å². The molecule has 1 aromatic carbocycles. The third-order valence-electron chi connectivity index (χ3n) is 2.33. The van der Waals surface area contributed by atoms with Gasteiger partial charge < -0.3 is 11.1 Å². The first-order valence-electron chi connectivity index (χ1n) is 5.26. The first kappa shape index (κ1) is 16.3. The molecule has 0 aliphatic carbocycles. The highest BCUT2D eigenvalue weighted by atomic mass is 35.5. The fourth-order valence-electron chi connectivity index (χ4n) is 1.22. The smallest absolute Gasteiger partial charge is 0.228 e. The SMILES string of the molecule is CSCc1ccc(NC(=O)C(C)CN)cc1.Cl. The zero-order valence-corrected chi connectivity index (χ0v) is 11.7. The summed E-state index contributed by atoms with van der Waals surface area (Å²) < 4.78 is 0. The van der Waals surface area contributed by atoms with Gasteiger partial charge in [-0.1, -0.05) is 19.1 Å². The molecule has 1 unspecified atom stereocenters. The maximum absolute atomic E-state index is 11.6. The number of anilines is 1. The Labute approximate surface area is 113 Å². The van der Waals surface area contributed by atoms with E-state index in [0.29, 0.717) is 6.54 Å². The highest BCUT2D eigenvalue weighted by Gasteiger charge is 2.10. The molecular weight excluding hydrogens is 256 g/mol. The molecular formula is C12H19ClN2OS. The van der Waals surface area contributed by atoms with Gasteiger partial charge >= 0.3 is 0 Å². The molecule has 0 aliphatic heterocycles. The van der Waals surface area contributed by atoms with Crippen LogP contribution >= 0.6 is 24.2 Å². The Morgan fingerprint density at radius 3 is 2.47 bits per heavy atom. The van der Waals surface area contributed by atoms with Crippen molar-refractivity contribution in [3.8, 4) is 0 Å². The minimum atomic E-state index is -0.147. The molecule has 1 atom stereocenters. The van der Waals surface area contributed by atoms with Crippen LogP contribution in [0.15, 0.2) is 24.3 Å². The van der Waals surface area contributed by atoms with E-state index in [0.717, 1.165) is 11.4 Å². The van der Waals surface area contributed by atoms with Crippen LogP contribution in [0, 0.1) is 5.92 Å². The summed E-state index contributed by atoms with van der Waals surface area (Å²) in [4.78, 5) is 11.6. The van der Waals surface area contributed by atoms with Gasteiger partial charge in [-0.3, -0.25) is 4.79 Å². The van der Waals surface area contributed by atoms with Gasteiger partial charge in [-0.15, -0.1) is 12.4 Å². The monoisotopic (exact) mass is 274 g/mol. The lowest BCUT2D eigenvalue weighted by atomic mass is 10.1. The molecule has 3 nitrogen and oxygen atoms in total. The summed E-state index contributed by atoms with van der Waals surface area (Å²) in [6.45, 7) is 2.19. The minimum Gasteiger partial charge on any atom is -0.330 e. The van der Waals surface area contributed by atoms with Crippen LogP contribution in [0.3, 0.4) is 0 Å². The van der Waals surface area contributed by atoms with Crippen LogP contribution in [0.25, 0.3) is 0 Å². The van der Waals surface area contributed by atoms with Crippen LogP contribution in [-0.4, -0.2) is 18.7 Å². The number of nitrogens with two attached hydrogens (primary N) is 1. The minimum absolute atomic E-state index is 0. The molecule has 1 rings (SSSR count). The van der Waals surface area contributed by atoms with Crippen LogP contribution in [0.5, 0.6) is 0 Å². The molecule has 5 heteroatoms. The van der Waals surface area contributed by atoms with Crippen molar-refractivity contribution in [2.24, 2.45) is 11.7 Å². The van der Waals surface area contributed by atoms with E-state index >= 15 is 0 Å². The molecule has 0 radical (unpaired) electrons. The maximum Gasteiger partial charge on any atom is 0.228 e. The van der Waals surface area contributed by atoms with Gasteiger partial charge in [-0.05, 0) is 24.0 Å². The third-order valence-corrected chi connectivity index (χ3v) is 2.96. The molecule has 0 bridgehead atoms. The van der Waals surface area contributed by atoms with Crippen molar-refractivity contribution in [3.05, 3.63) is 29.8 Å². The van der Waals surface area contributed by atoms with Crippen molar-refractivity contribution in [1.82, 2.24) is 0 Å². The van der Waals surface area contributed by atoms with Gasteiger partial charge in [0.2, 0.25) is 5.91 Å². The standard InChI is InChI=1S/C12H18N2OS.ClH/c1-9(7-13)12(15)14-11-5-3-10(4-6-11)8-16-2;/h3-6,9H,7-8,13H2,1-2H3,(H,14,15);1H. The number of amides is 1. The topological polar surface area (TPSA) is 55.1 Å². The first-order chi connectivity index (χ1) is 7.67. The molecule has 96 valence electrons. The van der Waals surface area contributed by atoms with Gasteiger partial charge in [-0.25, -0.2) is 0 Å². The highest BCUT2D eigenvalue weighted by Crippen LogP contribution is 2.14. The molecule has 1 amide bonds. The van der Waals surface area contributed by atoms with E-state index in [2.05, 4.69) is 11.6 Å². The largest absolute Gasteiger partial charge is 0.330 e. The Kier molecular flexibility index (Phi) is 8.04. The van der Waals surface area contributed by atoms with E-state index in [1.807, 2.05) is 31.2 Å². The first-order valence-corrected chi connectivity index (χ1v) is 6.65.